The van der Waals surface area contributed by atoms with Gasteiger partial charge in [-0.05, 0) is 61.1 Å². The lowest BCUT2D eigenvalue weighted by Gasteiger charge is -2.09. The standard InChI is InChI=1S/C32H49NO/c1-2-3-4-5-8-12-19-29-20-25-32(33-27-29)30-21-23-31(24-22-30)34-26-15-10-7-6-9-11-16-28-17-13-14-18-28/h20-25,27-28H,2-19,26H2,1H3. The highest BCUT2D eigenvalue weighted by atomic mass is 16.5. The third kappa shape index (κ3) is 10.6. The maximum absolute atomic E-state index is 5.97. The van der Waals surface area contributed by atoms with Crippen molar-refractivity contribution in [2.45, 2.75) is 122 Å². The summed E-state index contributed by atoms with van der Waals surface area (Å²) in [5, 5.41) is 0. The zero-order chi connectivity index (χ0) is 23.7. The van der Waals surface area contributed by atoms with Crippen LogP contribution in [0.1, 0.15) is 122 Å². The molecule has 1 aromatic carbocycles. The van der Waals surface area contributed by atoms with Gasteiger partial charge in [-0.3, -0.25) is 4.98 Å². The van der Waals surface area contributed by atoms with E-state index in [-0.39, 0.29) is 0 Å². The Kier molecular flexibility index (Phi) is 13.2. The summed E-state index contributed by atoms with van der Waals surface area (Å²) in [6.45, 7) is 3.10. The Bertz CT molecular complexity index is 746. The molecule has 2 aromatic rings. The molecule has 1 aliphatic carbocycles. The molecule has 188 valence electrons. The topological polar surface area (TPSA) is 22.1 Å². The molecule has 1 aliphatic rings. The molecule has 0 N–H and O–H groups in total. The number of unbranched alkanes of at least 4 members (excludes halogenated alkanes) is 10. The highest BCUT2D eigenvalue weighted by molar-refractivity contribution is 5.60. The molecule has 2 heteroatoms. The van der Waals surface area contributed by atoms with Crippen molar-refractivity contribution in [3.63, 3.8) is 0 Å². The molecule has 0 spiro atoms. The monoisotopic (exact) mass is 463 g/mol. The molecule has 1 saturated carbocycles. The van der Waals surface area contributed by atoms with E-state index in [4.69, 9.17) is 9.72 Å². The first-order valence-corrected chi connectivity index (χ1v) is 14.5. The maximum Gasteiger partial charge on any atom is 0.119 e. The van der Waals surface area contributed by atoms with Gasteiger partial charge in [-0.25, -0.2) is 0 Å². The Morgan fingerprint density at radius 3 is 2.12 bits per heavy atom. The molecule has 0 atom stereocenters. The van der Waals surface area contributed by atoms with Gasteiger partial charge in [0.1, 0.15) is 5.75 Å². The smallest absolute Gasteiger partial charge is 0.119 e. The molecule has 3 rings (SSSR count). The SMILES string of the molecule is CCCCCCCCc1ccc(-c2ccc(OCCCCCCCCC3CCCC3)cc2)nc1. The first-order valence-electron chi connectivity index (χ1n) is 14.5. The van der Waals surface area contributed by atoms with E-state index in [0.717, 1.165) is 42.4 Å². The number of benzene rings is 1. The van der Waals surface area contributed by atoms with E-state index in [1.54, 1.807) is 0 Å². The van der Waals surface area contributed by atoms with Crippen LogP contribution in [0.15, 0.2) is 42.6 Å². The first-order chi connectivity index (χ1) is 16.8. The quantitative estimate of drug-likeness (QED) is 0.205. The normalized spacial score (nSPS) is 14.0. The van der Waals surface area contributed by atoms with Crippen molar-refractivity contribution in [1.29, 1.82) is 0 Å². The number of hydrogen-bond donors (Lipinski definition) is 0. The minimum Gasteiger partial charge on any atom is -0.494 e. The van der Waals surface area contributed by atoms with Gasteiger partial charge < -0.3 is 4.74 Å². The number of pyridine rings is 1. The van der Waals surface area contributed by atoms with Crippen LogP contribution in [0.5, 0.6) is 5.75 Å². The van der Waals surface area contributed by atoms with Crippen molar-refractivity contribution >= 4 is 0 Å². The average Bonchev–Trinajstić information content (AvgIpc) is 3.39. The summed E-state index contributed by atoms with van der Waals surface area (Å²) >= 11 is 0. The minimum atomic E-state index is 0.826. The third-order valence-electron chi connectivity index (χ3n) is 7.54. The molecule has 0 radical (unpaired) electrons. The summed E-state index contributed by atoms with van der Waals surface area (Å²) in [5.41, 5.74) is 3.57. The Balaban J connectivity index is 1.23. The van der Waals surface area contributed by atoms with Gasteiger partial charge in [-0.2, -0.15) is 0 Å². The summed E-state index contributed by atoms with van der Waals surface area (Å²) in [5.74, 6) is 2.03. The second-order valence-electron chi connectivity index (χ2n) is 10.5. The lowest BCUT2D eigenvalue weighted by molar-refractivity contribution is 0.304. The van der Waals surface area contributed by atoms with Crippen molar-refractivity contribution in [2.75, 3.05) is 6.61 Å². The van der Waals surface area contributed by atoms with Gasteiger partial charge in [0.2, 0.25) is 0 Å². The van der Waals surface area contributed by atoms with Crippen LogP contribution in [0.3, 0.4) is 0 Å². The predicted octanol–water partition coefficient (Wildman–Crippen LogP) is 9.95. The van der Waals surface area contributed by atoms with E-state index < -0.39 is 0 Å². The molecule has 0 aliphatic heterocycles. The fourth-order valence-electron chi connectivity index (χ4n) is 5.31. The number of hydrogen-bond acceptors (Lipinski definition) is 2. The van der Waals surface area contributed by atoms with Crippen LogP contribution in [0, 0.1) is 5.92 Å². The second kappa shape index (κ2) is 16.7. The van der Waals surface area contributed by atoms with Gasteiger partial charge in [0, 0.05) is 11.8 Å². The third-order valence-corrected chi connectivity index (χ3v) is 7.54. The molecular weight excluding hydrogens is 414 g/mol. The number of rotatable bonds is 18. The van der Waals surface area contributed by atoms with Crippen molar-refractivity contribution in [1.82, 2.24) is 4.98 Å². The van der Waals surface area contributed by atoms with Crippen LogP contribution in [-0.4, -0.2) is 11.6 Å². The zero-order valence-electron chi connectivity index (χ0n) is 21.9. The van der Waals surface area contributed by atoms with Gasteiger partial charge >= 0.3 is 0 Å². The van der Waals surface area contributed by atoms with Crippen LogP contribution in [0.2, 0.25) is 0 Å². The van der Waals surface area contributed by atoms with Crippen LogP contribution in [0.25, 0.3) is 11.3 Å². The molecular formula is C32H49NO. The van der Waals surface area contributed by atoms with Crippen molar-refractivity contribution in [2.24, 2.45) is 5.92 Å². The van der Waals surface area contributed by atoms with Crippen molar-refractivity contribution in [3.8, 4) is 17.0 Å². The maximum atomic E-state index is 5.97. The molecule has 2 nitrogen and oxygen atoms in total. The summed E-state index contributed by atoms with van der Waals surface area (Å²) in [6, 6.07) is 12.9. The van der Waals surface area contributed by atoms with E-state index >= 15 is 0 Å². The molecule has 34 heavy (non-hydrogen) atoms. The van der Waals surface area contributed by atoms with E-state index in [1.165, 1.54) is 108 Å². The second-order valence-corrected chi connectivity index (χ2v) is 10.5. The van der Waals surface area contributed by atoms with Crippen LogP contribution in [0.4, 0.5) is 0 Å². The Morgan fingerprint density at radius 1 is 0.735 bits per heavy atom. The lowest BCUT2D eigenvalue weighted by atomic mass is 9.99. The summed E-state index contributed by atoms with van der Waals surface area (Å²) < 4.78 is 5.97. The Labute approximate surface area is 209 Å². The van der Waals surface area contributed by atoms with Crippen LogP contribution < -0.4 is 4.74 Å². The van der Waals surface area contributed by atoms with E-state index in [0.29, 0.717) is 0 Å². The molecule has 1 heterocycles. The molecule has 0 amide bonds. The number of nitrogens with zero attached hydrogens (tertiary/aromatic N) is 1. The number of aromatic nitrogens is 1. The molecule has 1 fully saturated rings. The van der Waals surface area contributed by atoms with Gasteiger partial charge in [0.25, 0.3) is 0 Å². The molecule has 0 saturated heterocycles. The predicted molar refractivity (Wildman–Crippen MR) is 147 cm³/mol. The lowest BCUT2D eigenvalue weighted by Crippen LogP contribution is -1.97. The van der Waals surface area contributed by atoms with Crippen LogP contribution in [-0.2, 0) is 6.42 Å². The summed E-state index contributed by atoms with van der Waals surface area (Å²) in [7, 11) is 0. The summed E-state index contributed by atoms with van der Waals surface area (Å²) in [4.78, 5) is 4.71. The largest absolute Gasteiger partial charge is 0.494 e. The van der Waals surface area contributed by atoms with Gasteiger partial charge in [-0.15, -0.1) is 0 Å². The highest BCUT2D eigenvalue weighted by Gasteiger charge is 2.13. The molecule has 0 bridgehead atoms. The first kappa shape index (κ1) is 26.8. The van der Waals surface area contributed by atoms with E-state index in [2.05, 4.69) is 49.5 Å². The van der Waals surface area contributed by atoms with Crippen molar-refractivity contribution < 1.29 is 4.74 Å². The van der Waals surface area contributed by atoms with Gasteiger partial charge in [-0.1, -0.05) is 109 Å². The fourth-order valence-corrected chi connectivity index (χ4v) is 5.31. The average molecular weight is 464 g/mol. The fraction of sp³-hybridized carbons (Fsp3) is 0.656. The Morgan fingerprint density at radius 2 is 1.41 bits per heavy atom. The number of ether oxygens (including phenoxy) is 1. The van der Waals surface area contributed by atoms with E-state index in [1.807, 2.05) is 0 Å². The minimum absolute atomic E-state index is 0.826. The molecule has 0 unspecified atom stereocenters. The van der Waals surface area contributed by atoms with Crippen LogP contribution >= 0.6 is 0 Å². The zero-order valence-corrected chi connectivity index (χ0v) is 21.9. The van der Waals surface area contributed by atoms with Crippen molar-refractivity contribution in [3.05, 3.63) is 48.2 Å². The summed E-state index contributed by atoms with van der Waals surface area (Å²) in [6.07, 6.45) is 26.8. The molecule has 1 aromatic heterocycles. The highest BCUT2D eigenvalue weighted by Crippen LogP contribution is 2.29. The van der Waals surface area contributed by atoms with Gasteiger partial charge in [0.15, 0.2) is 0 Å². The van der Waals surface area contributed by atoms with E-state index in [9.17, 15) is 0 Å². The Hall–Kier alpha value is -1.83. The number of aryl methyl sites for hydroxylation is 1. The van der Waals surface area contributed by atoms with Gasteiger partial charge in [0.05, 0.1) is 12.3 Å².